The van der Waals surface area contributed by atoms with Gasteiger partial charge < -0.3 is 23.7 Å². The second kappa shape index (κ2) is 15.4. The molecule has 1 aromatic rings. The quantitative estimate of drug-likeness (QED) is 0.197. The number of carbonyl (C=O) groups excluding carboxylic acids is 4. The summed E-state index contributed by atoms with van der Waals surface area (Å²) in [6.07, 6.45) is -0.447. The van der Waals surface area contributed by atoms with Gasteiger partial charge in [-0.25, -0.2) is 0 Å². The highest BCUT2D eigenvalue weighted by Gasteiger charge is 2.34. The van der Waals surface area contributed by atoms with E-state index in [1.807, 2.05) is 30.3 Å². The molecule has 0 saturated carbocycles. The molecule has 0 radical (unpaired) electrons. The molecule has 0 spiro atoms. The van der Waals surface area contributed by atoms with E-state index in [4.69, 9.17) is 14.2 Å². The van der Waals surface area contributed by atoms with Crippen molar-refractivity contribution in [2.45, 2.75) is 32.3 Å². The number of hydrogen-bond donors (Lipinski definition) is 0. The Bertz CT molecular complexity index is 700. The average Bonchev–Trinajstić information content (AvgIpc) is 2.82. The van der Waals surface area contributed by atoms with Gasteiger partial charge in [0.2, 0.25) is 0 Å². The first-order chi connectivity index (χ1) is 15.3. The van der Waals surface area contributed by atoms with Crippen LogP contribution in [0.15, 0.2) is 30.3 Å². The number of methoxy groups -OCH3 is 2. The standard InChI is InChI=1S/C22H29BrO9/c1-28-18(24)8-10-20(26)31-15-22(13-23,14-30-12-17-6-4-3-5-7-17)16-32-21(27)11-9-19(25)29-2/h3-7H,8-16H2,1-2H3. The Morgan fingerprint density at radius 2 is 1.22 bits per heavy atom. The molecule has 1 rings (SSSR count). The SMILES string of the molecule is COC(=O)CCC(=O)OCC(CBr)(COCc1ccccc1)COC(=O)CCC(=O)OC. The molecular weight excluding hydrogens is 488 g/mol. The van der Waals surface area contributed by atoms with Crippen LogP contribution in [0.1, 0.15) is 31.2 Å². The zero-order valence-corrected chi connectivity index (χ0v) is 19.9. The number of esters is 4. The number of alkyl halides is 1. The van der Waals surface area contributed by atoms with Gasteiger partial charge in [0.1, 0.15) is 13.2 Å². The summed E-state index contributed by atoms with van der Waals surface area (Å²) in [4.78, 5) is 46.5. The monoisotopic (exact) mass is 516 g/mol. The molecule has 9 nitrogen and oxygen atoms in total. The molecule has 0 aromatic heterocycles. The second-order valence-electron chi connectivity index (χ2n) is 7.09. The summed E-state index contributed by atoms with van der Waals surface area (Å²) >= 11 is 3.40. The molecule has 0 unspecified atom stereocenters. The highest BCUT2D eigenvalue weighted by Crippen LogP contribution is 2.24. The second-order valence-corrected chi connectivity index (χ2v) is 7.65. The molecule has 0 N–H and O–H groups in total. The Kier molecular flexibility index (Phi) is 13.2. The lowest BCUT2D eigenvalue weighted by Crippen LogP contribution is -2.40. The van der Waals surface area contributed by atoms with E-state index in [0.717, 1.165) is 5.56 Å². The summed E-state index contributed by atoms with van der Waals surface area (Å²) in [5.41, 5.74) is 0.0949. The molecular formula is C22H29BrO9. The first-order valence-corrected chi connectivity index (χ1v) is 11.1. The first kappa shape index (κ1) is 27.6. The minimum atomic E-state index is -0.864. The normalized spacial score (nSPS) is 10.8. The number of carbonyl (C=O) groups is 4. The van der Waals surface area contributed by atoms with E-state index in [-0.39, 0.29) is 45.5 Å². The topological polar surface area (TPSA) is 114 Å². The molecule has 0 heterocycles. The summed E-state index contributed by atoms with van der Waals surface area (Å²) < 4.78 is 25.5. The van der Waals surface area contributed by atoms with Gasteiger partial charge in [0, 0.05) is 5.33 Å². The zero-order chi connectivity index (χ0) is 23.8. The van der Waals surface area contributed by atoms with E-state index in [0.29, 0.717) is 11.9 Å². The van der Waals surface area contributed by atoms with Crippen molar-refractivity contribution in [3.63, 3.8) is 0 Å². The lowest BCUT2D eigenvalue weighted by atomic mass is 9.94. The van der Waals surface area contributed by atoms with Gasteiger partial charge in [-0.15, -0.1) is 0 Å². The fourth-order valence-electron chi connectivity index (χ4n) is 2.42. The van der Waals surface area contributed by atoms with Crippen molar-refractivity contribution < 1.29 is 42.9 Å². The summed E-state index contributed by atoms with van der Waals surface area (Å²) in [6.45, 7) is 0.249. The van der Waals surface area contributed by atoms with Gasteiger partial charge >= 0.3 is 23.9 Å². The molecule has 0 aliphatic carbocycles. The maximum absolute atomic E-state index is 12.0. The maximum Gasteiger partial charge on any atom is 0.306 e. The van der Waals surface area contributed by atoms with E-state index in [9.17, 15) is 19.2 Å². The summed E-state index contributed by atoms with van der Waals surface area (Å²) in [5.74, 6) is -2.19. The molecule has 1 aromatic carbocycles. The minimum absolute atomic E-state index is 0.0936. The van der Waals surface area contributed by atoms with Crippen molar-refractivity contribution in [3.05, 3.63) is 35.9 Å². The molecule has 0 amide bonds. The highest BCUT2D eigenvalue weighted by molar-refractivity contribution is 9.09. The largest absolute Gasteiger partial charge is 0.469 e. The van der Waals surface area contributed by atoms with Crippen LogP contribution in [-0.2, 0) is 49.5 Å². The zero-order valence-electron chi connectivity index (χ0n) is 18.3. The molecule has 0 saturated heterocycles. The van der Waals surface area contributed by atoms with Crippen LogP contribution in [-0.4, -0.2) is 63.2 Å². The van der Waals surface area contributed by atoms with E-state index < -0.39 is 29.3 Å². The summed E-state index contributed by atoms with van der Waals surface area (Å²) in [7, 11) is 2.48. The van der Waals surface area contributed by atoms with Gasteiger partial charge in [-0.2, -0.15) is 0 Å². The molecule has 178 valence electrons. The van der Waals surface area contributed by atoms with Crippen molar-refractivity contribution in [2.75, 3.05) is 39.4 Å². The van der Waals surface area contributed by atoms with Crippen molar-refractivity contribution >= 4 is 39.8 Å². The lowest BCUT2D eigenvalue weighted by Gasteiger charge is -2.30. The summed E-state index contributed by atoms with van der Waals surface area (Å²) in [6, 6.07) is 9.50. The van der Waals surface area contributed by atoms with Crippen LogP contribution < -0.4 is 0 Å². The van der Waals surface area contributed by atoms with Gasteiger partial charge in [-0.05, 0) is 5.56 Å². The number of hydrogen-bond acceptors (Lipinski definition) is 9. The number of halogens is 1. The van der Waals surface area contributed by atoms with Gasteiger partial charge in [-0.1, -0.05) is 46.3 Å². The van der Waals surface area contributed by atoms with Crippen molar-refractivity contribution in [1.29, 1.82) is 0 Å². The molecule has 0 aliphatic rings. The Morgan fingerprint density at radius 1 is 0.750 bits per heavy atom. The van der Waals surface area contributed by atoms with Crippen LogP contribution in [0.5, 0.6) is 0 Å². The van der Waals surface area contributed by atoms with Crippen molar-refractivity contribution in [1.82, 2.24) is 0 Å². The number of rotatable bonds is 15. The Balaban J connectivity index is 2.69. The Morgan fingerprint density at radius 3 is 1.66 bits per heavy atom. The van der Waals surface area contributed by atoms with Gasteiger partial charge in [0.25, 0.3) is 0 Å². The molecule has 10 heteroatoms. The highest BCUT2D eigenvalue weighted by atomic mass is 79.9. The van der Waals surface area contributed by atoms with Crippen LogP contribution >= 0.6 is 15.9 Å². The van der Waals surface area contributed by atoms with E-state index in [1.54, 1.807) is 0 Å². The number of ether oxygens (including phenoxy) is 5. The lowest BCUT2D eigenvalue weighted by molar-refractivity contribution is -0.159. The maximum atomic E-state index is 12.0. The molecule has 0 atom stereocenters. The van der Waals surface area contributed by atoms with E-state index in [1.165, 1.54) is 14.2 Å². The predicted molar refractivity (Wildman–Crippen MR) is 117 cm³/mol. The van der Waals surface area contributed by atoms with Crippen LogP contribution in [0, 0.1) is 5.41 Å². The van der Waals surface area contributed by atoms with Gasteiger partial charge in [0.15, 0.2) is 0 Å². The molecule has 0 fully saturated rings. The summed E-state index contributed by atoms with van der Waals surface area (Å²) in [5, 5.41) is 0.309. The first-order valence-electron chi connectivity index (χ1n) is 9.96. The molecule has 0 aliphatic heterocycles. The van der Waals surface area contributed by atoms with Gasteiger partial charge in [0.05, 0.1) is 58.5 Å². The third-order valence-electron chi connectivity index (χ3n) is 4.40. The third-order valence-corrected chi connectivity index (χ3v) is 5.59. The van der Waals surface area contributed by atoms with Crippen LogP contribution in [0.25, 0.3) is 0 Å². The van der Waals surface area contributed by atoms with Crippen molar-refractivity contribution in [3.8, 4) is 0 Å². The van der Waals surface area contributed by atoms with Crippen LogP contribution in [0.2, 0.25) is 0 Å². The number of benzene rings is 1. The predicted octanol–water partition coefficient (Wildman–Crippen LogP) is 2.58. The molecule has 0 bridgehead atoms. The Labute approximate surface area is 195 Å². The smallest absolute Gasteiger partial charge is 0.306 e. The minimum Gasteiger partial charge on any atom is -0.469 e. The fraction of sp³-hybridized carbons (Fsp3) is 0.545. The van der Waals surface area contributed by atoms with E-state index >= 15 is 0 Å². The van der Waals surface area contributed by atoms with E-state index in [2.05, 4.69) is 25.4 Å². The van der Waals surface area contributed by atoms with Crippen molar-refractivity contribution in [2.24, 2.45) is 5.41 Å². The fourth-order valence-corrected chi connectivity index (χ4v) is 2.91. The van der Waals surface area contributed by atoms with Crippen LogP contribution in [0.4, 0.5) is 0 Å². The third kappa shape index (κ3) is 11.2. The average molecular weight is 517 g/mol. The van der Waals surface area contributed by atoms with Crippen LogP contribution in [0.3, 0.4) is 0 Å². The van der Waals surface area contributed by atoms with Gasteiger partial charge in [-0.3, -0.25) is 19.2 Å². The molecule has 32 heavy (non-hydrogen) atoms. The Hall–Kier alpha value is -2.46.